The van der Waals surface area contributed by atoms with Crippen molar-refractivity contribution in [2.75, 3.05) is 6.26 Å². The van der Waals surface area contributed by atoms with Crippen LogP contribution in [-0.4, -0.2) is 64.7 Å². The summed E-state index contributed by atoms with van der Waals surface area (Å²) in [6.45, 7) is 0. The molecule has 0 bridgehead atoms. The molecule has 0 fully saturated rings. The van der Waals surface area contributed by atoms with Crippen molar-refractivity contribution in [3.05, 3.63) is 313 Å². The van der Waals surface area contributed by atoms with Gasteiger partial charge in [0.2, 0.25) is 0 Å². The molecule has 8 aromatic carbocycles. The second-order valence-corrected chi connectivity index (χ2v) is 26.0. The first-order valence-corrected chi connectivity index (χ1v) is 32.2. The summed E-state index contributed by atoms with van der Waals surface area (Å²) in [4.78, 5) is 44.8. The fraction of sp³-hybridized carbons (Fsp3) is 0.0154. The summed E-state index contributed by atoms with van der Waals surface area (Å²) in [5.41, 5.74) is 2.33. The molecule has 0 saturated carbocycles. The van der Waals surface area contributed by atoms with E-state index in [1.807, 2.05) is 115 Å². The van der Waals surface area contributed by atoms with Gasteiger partial charge < -0.3 is 37.4 Å². The summed E-state index contributed by atoms with van der Waals surface area (Å²) in [6, 6.07) is 84.5. The number of aromatic nitrogens is 3. The normalized spacial score (nSPS) is 10.1. The zero-order valence-corrected chi connectivity index (χ0v) is 67.7. The summed E-state index contributed by atoms with van der Waals surface area (Å²) in [6.07, 6.45) is 5.47. The topological polar surface area (TPSA) is 227 Å². The number of hydrogen-bond acceptors (Lipinski definition) is 11. The van der Waals surface area contributed by atoms with Crippen LogP contribution in [0.3, 0.4) is 0 Å². The van der Waals surface area contributed by atoms with Gasteiger partial charge in [0.1, 0.15) is 21.2 Å². The summed E-state index contributed by atoms with van der Waals surface area (Å²) < 4.78 is 56.4. The molecule has 14 nitrogen and oxygen atoms in total. The smallest absolute Gasteiger partial charge is 0.355 e. The maximum atomic E-state index is 12.7. The van der Waals surface area contributed by atoms with Crippen LogP contribution < -0.4 is 31.8 Å². The molecule has 0 radical (unpaired) electrons. The minimum absolute atomic E-state index is 0. The average Bonchev–Trinajstić information content (AvgIpc) is 2.33. The van der Waals surface area contributed by atoms with Gasteiger partial charge in [0.05, 0.1) is 53.2 Å². The number of pyridine rings is 3. The van der Waals surface area contributed by atoms with Crippen LogP contribution in [0.4, 0.5) is 11.4 Å². The third-order valence-corrected chi connectivity index (χ3v) is 18.8. The van der Waals surface area contributed by atoms with E-state index in [2.05, 4.69) is 116 Å². The molecule has 1 amide bonds. The SMILES string of the molecule is CS(=O)(=O)[N-]c1ccccc1[PH+](c1ccccc1)c1ccccc1.O=C(O)c1nccc2ccccc12.O=C([N-]c1ccccc1[PH+](c1ccccc1)c1ccccc1)c1ccccc1.O=C([S-])c1ccccn1.O=S(=O)(O)c1ccccn1.[Zn].[Zn].[Zn].[Zn].[Zn]. The molecule has 0 unspecified atom stereocenters. The fourth-order valence-electron chi connectivity index (χ4n) is 8.13. The number of carboxylic acids is 1. The summed E-state index contributed by atoms with van der Waals surface area (Å²) >= 11 is 4.34. The Balaban J connectivity index is 0.000000399. The third-order valence-electron chi connectivity index (χ3n) is 11.8. The molecule has 432 valence electrons. The van der Waals surface area contributed by atoms with Gasteiger partial charge in [-0.25, -0.2) is 23.2 Å². The Morgan fingerprint density at radius 3 is 1.22 bits per heavy atom. The zero-order chi connectivity index (χ0) is 59.7. The Morgan fingerprint density at radius 2 is 0.831 bits per heavy atom. The van der Waals surface area contributed by atoms with E-state index in [4.69, 9.17) is 9.66 Å². The van der Waals surface area contributed by atoms with Crippen LogP contribution in [0.2, 0.25) is 0 Å². The van der Waals surface area contributed by atoms with Gasteiger partial charge in [-0.1, -0.05) is 187 Å². The number of rotatable bonds is 13. The molecule has 89 heavy (non-hydrogen) atoms. The van der Waals surface area contributed by atoms with Crippen molar-refractivity contribution in [2.45, 2.75) is 5.03 Å². The van der Waals surface area contributed by atoms with Crippen LogP contribution in [0, 0.1) is 0 Å². The van der Waals surface area contributed by atoms with Gasteiger partial charge in [-0.05, 0) is 102 Å². The molecule has 24 heteroatoms. The van der Waals surface area contributed by atoms with Crippen LogP contribution in [0.1, 0.15) is 31.3 Å². The molecule has 0 aliphatic heterocycles. The maximum absolute atomic E-state index is 12.7. The minimum atomic E-state index is -4.11. The number of carbonyl (C=O) groups excluding carboxylic acids is 2. The number of fused-ring (bicyclic) bond motifs is 1. The van der Waals surface area contributed by atoms with Crippen molar-refractivity contribution in [1.82, 2.24) is 15.0 Å². The van der Waals surface area contributed by atoms with Crippen molar-refractivity contribution in [1.29, 1.82) is 0 Å². The number of nitrogens with zero attached hydrogens (tertiary/aromatic N) is 5. The van der Waals surface area contributed by atoms with Crippen molar-refractivity contribution in [2.24, 2.45) is 0 Å². The molecular weight excluding hydrogens is 1480 g/mol. The van der Waals surface area contributed by atoms with Gasteiger partial charge in [-0.3, -0.25) is 9.54 Å². The molecular formula is C65H54N5O9P2S3Zn5-. The summed E-state index contributed by atoms with van der Waals surface area (Å²) in [5.74, 6) is -1.20. The molecule has 0 atom stereocenters. The van der Waals surface area contributed by atoms with Crippen LogP contribution in [-0.2, 0) is 130 Å². The van der Waals surface area contributed by atoms with E-state index in [-0.39, 0.29) is 114 Å². The Kier molecular flexibility index (Phi) is 36.1. The van der Waals surface area contributed by atoms with Gasteiger partial charge in [0.25, 0.3) is 0 Å². The number of amides is 1. The van der Waals surface area contributed by atoms with E-state index >= 15 is 0 Å². The van der Waals surface area contributed by atoms with Gasteiger partial charge in [0, 0.05) is 128 Å². The van der Waals surface area contributed by atoms with Crippen molar-refractivity contribution < 1.29 is 138 Å². The number of benzene rings is 8. The van der Waals surface area contributed by atoms with Crippen LogP contribution in [0.5, 0.6) is 0 Å². The monoisotopic (exact) mass is 1530 g/mol. The number of carbonyl (C=O) groups is 3. The summed E-state index contributed by atoms with van der Waals surface area (Å²) in [7, 11) is -10.2. The Morgan fingerprint density at radius 1 is 0.438 bits per heavy atom. The Bertz CT molecular complexity index is 4060. The molecule has 11 aromatic rings. The first-order valence-electron chi connectivity index (χ1n) is 25.5. The van der Waals surface area contributed by atoms with E-state index in [1.54, 1.807) is 66.9 Å². The second kappa shape index (κ2) is 40.6. The molecule has 0 spiro atoms. The van der Waals surface area contributed by atoms with Crippen LogP contribution in [0.15, 0.2) is 291 Å². The van der Waals surface area contributed by atoms with Crippen LogP contribution >= 0.6 is 15.8 Å². The van der Waals surface area contributed by atoms with E-state index in [9.17, 15) is 31.2 Å². The molecule has 3 heterocycles. The molecule has 2 N–H and O–H groups in total. The van der Waals surface area contributed by atoms with Gasteiger partial charge in [-0.2, -0.15) is 8.42 Å². The van der Waals surface area contributed by atoms with Gasteiger partial charge in [0.15, 0.2) is 10.7 Å². The zero-order valence-electron chi connectivity index (χ0n) is 48.4. The largest absolute Gasteiger partial charge is 0.735 e. The van der Waals surface area contributed by atoms with E-state index < -0.39 is 47.1 Å². The minimum Gasteiger partial charge on any atom is -0.735 e. The maximum Gasteiger partial charge on any atom is 0.355 e. The second-order valence-electron chi connectivity index (χ2n) is 17.7. The van der Waals surface area contributed by atoms with E-state index in [1.165, 1.54) is 45.7 Å². The van der Waals surface area contributed by atoms with Crippen molar-refractivity contribution in [3.8, 4) is 0 Å². The Labute approximate surface area is 590 Å². The predicted octanol–water partition coefficient (Wildman–Crippen LogP) is 11.2. The van der Waals surface area contributed by atoms with Crippen molar-refractivity contribution in [3.63, 3.8) is 0 Å². The van der Waals surface area contributed by atoms with Crippen molar-refractivity contribution >= 4 is 120 Å². The first kappa shape index (κ1) is 79.0. The quantitative estimate of drug-likeness (QED) is 0.0474. The molecule has 0 aliphatic rings. The molecule has 3 aromatic heterocycles. The number of aromatic carboxylic acids is 1. The Hall–Kier alpha value is -6.06. The number of sulfonamides is 1. The molecule has 0 aliphatic carbocycles. The van der Waals surface area contributed by atoms with E-state index in [0.717, 1.165) is 27.9 Å². The summed E-state index contributed by atoms with van der Waals surface area (Å²) in [5, 5.41) is 21.2. The van der Waals surface area contributed by atoms with E-state index in [0.29, 0.717) is 22.3 Å². The number of hydrogen-bond donors (Lipinski definition) is 2. The number of carboxylic acid groups (broad SMARTS) is 1. The molecule has 0 saturated heterocycles. The molecule has 11 rings (SSSR count). The predicted molar refractivity (Wildman–Crippen MR) is 343 cm³/mol. The third kappa shape index (κ3) is 25.3. The number of para-hydroxylation sites is 1. The van der Waals surface area contributed by atoms with Crippen LogP contribution in [0.25, 0.3) is 20.8 Å². The van der Waals surface area contributed by atoms with Gasteiger partial charge >= 0.3 is 16.1 Å². The first-order chi connectivity index (χ1) is 40.6. The fourth-order valence-corrected chi connectivity index (χ4v) is 14.6. The standard InChI is InChI=1S/C25H20NOP.C19H17NO2PS.C10H7NO2.C6H5NOS.C5H5NO3S.5Zn/c27-25(20-12-4-1-5-13-20)26-23-18-10-11-19-24(23)28(21-14-6-2-7-15-21)22-16-8-3-9-17-22;1-24(21,22)20-18-14-8-9-15-19(18)23(16-10-4-2-5-11-16)17-12-6-3-7-13-17;12-10(13)9-8-4-2-1-3-7(8)5-6-11-9;8-6(9)5-3-1-2-4-7-5;7-10(8,9)5-3-1-2-4-6-5;;;;;/h1-19H,(H,26,27);2-15H,1H3;1-6H,(H,12,13);1-4H,(H,8,9);1-4H,(H,7,8,9);;;;;/q;-1;;;;;;;;. The van der Waals surface area contributed by atoms with Gasteiger partial charge in [-0.15, -0.1) is 0 Å². The average molecular weight is 1530 g/mol.